The molecule has 0 bridgehead atoms. The number of benzene rings is 1. The summed E-state index contributed by atoms with van der Waals surface area (Å²) in [5.41, 5.74) is 1.88. The molecule has 2 rings (SSSR count). The van der Waals surface area contributed by atoms with Gasteiger partial charge in [0.2, 0.25) is 0 Å². The van der Waals surface area contributed by atoms with Gasteiger partial charge in [-0.25, -0.2) is 0 Å². The SMILES string of the molecule is CC(=O)c1ccc(N2CCCOC(C)C2)cc1Br. The summed E-state index contributed by atoms with van der Waals surface area (Å²) < 4.78 is 6.51. The van der Waals surface area contributed by atoms with Crippen LogP contribution in [0.25, 0.3) is 0 Å². The number of anilines is 1. The number of halogens is 1. The van der Waals surface area contributed by atoms with E-state index in [1.807, 2.05) is 18.2 Å². The summed E-state index contributed by atoms with van der Waals surface area (Å²) in [6.07, 6.45) is 1.29. The minimum Gasteiger partial charge on any atom is -0.377 e. The fourth-order valence-corrected chi connectivity index (χ4v) is 2.86. The number of ketones is 1. The molecule has 0 aromatic heterocycles. The molecule has 18 heavy (non-hydrogen) atoms. The zero-order chi connectivity index (χ0) is 13.1. The maximum Gasteiger partial charge on any atom is 0.160 e. The van der Waals surface area contributed by atoms with E-state index in [1.165, 1.54) is 0 Å². The van der Waals surface area contributed by atoms with Crippen LogP contribution in [0, 0.1) is 0 Å². The van der Waals surface area contributed by atoms with Crippen molar-refractivity contribution < 1.29 is 9.53 Å². The van der Waals surface area contributed by atoms with Crippen LogP contribution in [-0.2, 0) is 4.74 Å². The first kappa shape index (κ1) is 13.6. The summed E-state index contributed by atoms with van der Waals surface area (Å²) in [7, 11) is 0. The Morgan fingerprint density at radius 2 is 2.28 bits per heavy atom. The molecule has 1 unspecified atom stereocenters. The van der Waals surface area contributed by atoms with Crippen LogP contribution < -0.4 is 4.90 Å². The van der Waals surface area contributed by atoms with Gasteiger partial charge in [0.1, 0.15) is 0 Å². The smallest absolute Gasteiger partial charge is 0.160 e. The van der Waals surface area contributed by atoms with Crippen LogP contribution in [0.4, 0.5) is 5.69 Å². The Morgan fingerprint density at radius 3 is 2.94 bits per heavy atom. The third-order valence-electron chi connectivity index (χ3n) is 3.15. The molecule has 1 saturated heterocycles. The van der Waals surface area contributed by atoms with Gasteiger partial charge in [0.15, 0.2) is 5.78 Å². The van der Waals surface area contributed by atoms with Crippen LogP contribution in [0.1, 0.15) is 30.6 Å². The van der Waals surface area contributed by atoms with E-state index in [4.69, 9.17) is 4.74 Å². The Labute approximate surface area is 116 Å². The number of carbonyl (C=O) groups is 1. The average Bonchev–Trinajstić information content (AvgIpc) is 2.53. The van der Waals surface area contributed by atoms with Crippen molar-refractivity contribution in [1.82, 2.24) is 0 Å². The molecule has 1 atom stereocenters. The summed E-state index contributed by atoms with van der Waals surface area (Å²) in [6.45, 7) is 6.39. The molecule has 0 N–H and O–H groups in total. The number of rotatable bonds is 2. The van der Waals surface area contributed by atoms with E-state index < -0.39 is 0 Å². The third kappa shape index (κ3) is 3.12. The van der Waals surface area contributed by atoms with E-state index in [9.17, 15) is 4.79 Å². The average molecular weight is 312 g/mol. The lowest BCUT2D eigenvalue weighted by molar-refractivity contribution is 0.0820. The second-order valence-electron chi connectivity index (χ2n) is 4.70. The van der Waals surface area contributed by atoms with Crippen LogP contribution >= 0.6 is 15.9 Å². The van der Waals surface area contributed by atoms with Crippen molar-refractivity contribution in [1.29, 1.82) is 0 Å². The maximum absolute atomic E-state index is 11.4. The normalized spacial score (nSPS) is 20.6. The van der Waals surface area contributed by atoms with Crippen LogP contribution in [-0.4, -0.2) is 31.6 Å². The Bertz CT molecular complexity index is 447. The Morgan fingerprint density at radius 1 is 1.50 bits per heavy atom. The largest absolute Gasteiger partial charge is 0.377 e. The second kappa shape index (κ2) is 5.85. The number of hydrogen-bond donors (Lipinski definition) is 0. The number of hydrogen-bond acceptors (Lipinski definition) is 3. The van der Waals surface area contributed by atoms with Crippen molar-refractivity contribution in [2.24, 2.45) is 0 Å². The van der Waals surface area contributed by atoms with E-state index in [-0.39, 0.29) is 11.9 Å². The monoisotopic (exact) mass is 311 g/mol. The fraction of sp³-hybridized carbons (Fsp3) is 0.500. The minimum absolute atomic E-state index is 0.0843. The van der Waals surface area contributed by atoms with Crippen molar-refractivity contribution in [3.05, 3.63) is 28.2 Å². The summed E-state index contributed by atoms with van der Waals surface area (Å²) in [5.74, 6) is 0.0843. The van der Waals surface area contributed by atoms with E-state index in [0.717, 1.165) is 41.8 Å². The first-order chi connectivity index (χ1) is 8.58. The van der Waals surface area contributed by atoms with Gasteiger partial charge >= 0.3 is 0 Å². The molecule has 0 aliphatic carbocycles. The lowest BCUT2D eigenvalue weighted by atomic mass is 10.1. The van der Waals surface area contributed by atoms with Gasteiger partial charge in [-0.05, 0) is 54.4 Å². The molecule has 3 nitrogen and oxygen atoms in total. The number of carbonyl (C=O) groups excluding carboxylic acids is 1. The molecule has 4 heteroatoms. The first-order valence-electron chi connectivity index (χ1n) is 6.25. The summed E-state index contributed by atoms with van der Waals surface area (Å²) >= 11 is 3.47. The maximum atomic E-state index is 11.4. The van der Waals surface area contributed by atoms with Crippen molar-refractivity contribution in [3.63, 3.8) is 0 Å². The highest BCUT2D eigenvalue weighted by Crippen LogP contribution is 2.25. The third-order valence-corrected chi connectivity index (χ3v) is 3.81. The van der Waals surface area contributed by atoms with Crippen LogP contribution in [0.3, 0.4) is 0 Å². The number of ether oxygens (including phenoxy) is 1. The van der Waals surface area contributed by atoms with Gasteiger partial charge in [-0.1, -0.05) is 0 Å². The van der Waals surface area contributed by atoms with Crippen molar-refractivity contribution in [2.45, 2.75) is 26.4 Å². The molecular formula is C14H18BrNO2. The van der Waals surface area contributed by atoms with Gasteiger partial charge in [-0.15, -0.1) is 0 Å². The molecule has 1 aliphatic rings. The van der Waals surface area contributed by atoms with E-state index in [0.29, 0.717) is 0 Å². The highest BCUT2D eigenvalue weighted by molar-refractivity contribution is 9.10. The molecular weight excluding hydrogens is 294 g/mol. The zero-order valence-corrected chi connectivity index (χ0v) is 12.4. The molecule has 0 spiro atoms. The Balaban J connectivity index is 2.22. The lowest BCUT2D eigenvalue weighted by Crippen LogP contribution is -2.30. The summed E-state index contributed by atoms with van der Waals surface area (Å²) in [4.78, 5) is 13.7. The number of nitrogens with zero attached hydrogens (tertiary/aromatic N) is 1. The van der Waals surface area contributed by atoms with E-state index in [1.54, 1.807) is 6.92 Å². The lowest BCUT2D eigenvalue weighted by Gasteiger charge is -2.24. The summed E-state index contributed by atoms with van der Waals surface area (Å²) in [6, 6.07) is 5.92. The van der Waals surface area contributed by atoms with Crippen LogP contribution in [0.15, 0.2) is 22.7 Å². The number of Topliss-reactive ketones (excluding diaryl/α,β-unsaturated/α-hetero) is 1. The van der Waals surface area contributed by atoms with Crippen molar-refractivity contribution >= 4 is 27.4 Å². The standard InChI is InChI=1S/C14H18BrNO2/c1-10-9-16(6-3-7-18-10)12-4-5-13(11(2)17)14(15)8-12/h4-5,8,10H,3,6-7,9H2,1-2H3. The van der Waals surface area contributed by atoms with Gasteiger partial charge in [0.25, 0.3) is 0 Å². The van der Waals surface area contributed by atoms with Gasteiger partial charge < -0.3 is 9.64 Å². The predicted octanol–water partition coefficient (Wildman–Crippen LogP) is 3.27. The van der Waals surface area contributed by atoms with Crippen molar-refractivity contribution in [3.8, 4) is 0 Å². The molecule has 0 saturated carbocycles. The van der Waals surface area contributed by atoms with Crippen molar-refractivity contribution in [2.75, 3.05) is 24.6 Å². The van der Waals surface area contributed by atoms with Gasteiger partial charge in [0, 0.05) is 35.4 Å². The Kier molecular flexibility index (Phi) is 4.40. The van der Waals surface area contributed by atoms with Gasteiger partial charge in [0.05, 0.1) is 6.10 Å². The van der Waals surface area contributed by atoms with Crippen LogP contribution in [0.2, 0.25) is 0 Å². The first-order valence-corrected chi connectivity index (χ1v) is 7.04. The highest BCUT2D eigenvalue weighted by Gasteiger charge is 2.16. The molecule has 1 aliphatic heterocycles. The molecule has 0 radical (unpaired) electrons. The minimum atomic E-state index is 0.0843. The molecule has 1 fully saturated rings. The molecule has 1 aromatic carbocycles. The molecule has 98 valence electrons. The quantitative estimate of drug-likeness (QED) is 0.785. The van der Waals surface area contributed by atoms with Gasteiger partial charge in [-0.3, -0.25) is 4.79 Å². The van der Waals surface area contributed by atoms with Gasteiger partial charge in [-0.2, -0.15) is 0 Å². The fourth-order valence-electron chi connectivity index (χ4n) is 2.22. The van der Waals surface area contributed by atoms with E-state index >= 15 is 0 Å². The molecule has 1 aromatic rings. The zero-order valence-electron chi connectivity index (χ0n) is 10.8. The predicted molar refractivity (Wildman–Crippen MR) is 76.4 cm³/mol. The highest BCUT2D eigenvalue weighted by atomic mass is 79.9. The molecule has 1 heterocycles. The molecule has 0 amide bonds. The topological polar surface area (TPSA) is 29.5 Å². The Hall–Kier alpha value is -0.870. The van der Waals surface area contributed by atoms with E-state index in [2.05, 4.69) is 27.8 Å². The van der Waals surface area contributed by atoms with Crippen LogP contribution in [0.5, 0.6) is 0 Å². The summed E-state index contributed by atoms with van der Waals surface area (Å²) in [5, 5.41) is 0. The second-order valence-corrected chi connectivity index (χ2v) is 5.56.